The number of nitrogens with zero attached hydrogens (tertiary/aromatic N) is 3. The van der Waals surface area contributed by atoms with Crippen molar-refractivity contribution in [1.29, 1.82) is 0 Å². The van der Waals surface area contributed by atoms with Gasteiger partial charge in [0.2, 0.25) is 5.95 Å². The van der Waals surface area contributed by atoms with Gasteiger partial charge in [0.1, 0.15) is 11.5 Å². The Labute approximate surface area is 93.7 Å². The molecular formula is C11H15N5. The van der Waals surface area contributed by atoms with E-state index in [0.29, 0.717) is 12.0 Å². The van der Waals surface area contributed by atoms with Crippen LogP contribution >= 0.6 is 0 Å². The van der Waals surface area contributed by atoms with Gasteiger partial charge in [0.05, 0.1) is 5.39 Å². The van der Waals surface area contributed by atoms with Crippen molar-refractivity contribution in [2.24, 2.45) is 0 Å². The number of nitrogen functional groups attached to an aromatic ring is 1. The Bertz CT molecular complexity index is 514. The Hall–Kier alpha value is -1.78. The number of hydrogen-bond donors (Lipinski definition) is 2. The molecule has 1 aliphatic rings. The van der Waals surface area contributed by atoms with E-state index in [4.69, 9.17) is 5.73 Å². The molecule has 0 atom stereocenters. The van der Waals surface area contributed by atoms with Gasteiger partial charge in [-0.15, -0.1) is 0 Å². The third-order valence-corrected chi connectivity index (χ3v) is 3.37. The smallest absolute Gasteiger partial charge is 0.223 e. The second kappa shape index (κ2) is 3.37. The van der Waals surface area contributed by atoms with Crippen LogP contribution in [0.3, 0.4) is 0 Å². The average Bonchev–Trinajstić information content (AvgIpc) is 2.60. The molecule has 0 spiro atoms. The van der Waals surface area contributed by atoms with Crippen molar-refractivity contribution in [3.05, 3.63) is 12.3 Å². The number of fused-ring (bicyclic) bond motifs is 1. The van der Waals surface area contributed by atoms with Gasteiger partial charge in [-0.3, -0.25) is 0 Å². The molecule has 84 valence electrons. The van der Waals surface area contributed by atoms with Crippen LogP contribution in [0, 0.1) is 0 Å². The lowest BCUT2D eigenvalue weighted by molar-refractivity contribution is 0.400. The van der Waals surface area contributed by atoms with Crippen LogP contribution in [0.4, 0.5) is 11.8 Å². The Kier molecular flexibility index (Phi) is 1.99. The molecule has 3 N–H and O–H groups in total. The summed E-state index contributed by atoms with van der Waals surface area (Å²) < 4.78 is 0. The normalized spacial score (nSPS) is 16.3. The summed E-state index contributed by atoms with van der Waals surface area (Å²) >= 11 is 0. The van der Waals surface area contributed by atoms with E-state index in [1.54, 1.807) is 0 Å². The van der Waals surface area contributed by atoms with Crippen molar-refractivity contribution in [1.82, 2.24) is 15.0 Å². The fraction of sp³-hybridized carbons (Fsp3) is 0.455. The van der Waals surface area contributed by atoms with Crippen molar-refractivity contribution < 1.29 is 0 Å². The molecule has 0 radical (unpaired) electrons. The van der Waals surface area contributed by atoms with E-state index in [1.807, 2.05) is 12.3 Å². The zero-order chi connectivity index (χ0) is 11.1. The molecule has 0 unspecified atom stereocenters. The fourth-order valence-corrected chi connectivity index (χ4v) is 2.16. The third kappa shape index (κ3) is 1.31. The number of hydrogen-bond acceptors (Lipinski definition) is 4. The molecule has 2 aromatic heterocycles. The van der Waals surface area contributed by atoms with Gasteiger partial charge in [-0.2, -0.15) is 9.97 Å². The lowest BCUT2D eigenvalue weighted by atomic mass is 9.92. The molecule has 0 amide bonds. The maximum atomic E-state index is 5.71. The Balaban J connectivity index is 2.09. The largest absolute Gasteiger partial charge is 0.368 e. The first-order valence-corrected chi connectivity index (χ1v) is 5.59. The molecule has 2 aromatic rings. The van der Waals surface area contributed by atoms with Crippen LogP contribution in [0.15, 0.2) is 12.3 Å². The molecule has 2 heterocycles. The number of aromatic nitrogens is 3. The van der Waals surface area contributed by atoms with E-state index < -0.39 is 0 Å². The highest BCUT2D eigenvalue weighted by molar-refractivity contribution is 5.88. The first-order chi connectivity index (χ1) is 7.75. The van der Waals surface area contributed by atoms with E-state index >= 15 is 0 Å². The van der Waals surface area contributed by atoms with Gasteiger partial charge in [0.25, 0.3) is 0 Å². The lowest BCUT2D eigenvalue weighted by Gasteiger charge is -2.35. The number of nitrogens with two attached hydrogens (primary N) is 1. The Morgan fingerprint density at radius 3 is 2.94 bits per heavy atom. The molecular weight excluding hydrogens is 202 g/mol. The summed E-state index contributed by atoms with van der Waals surface area (Å²) in [5, 5.41) is 1.05. The second-order valence-corrected chi connectivity index (χ2v) is 4.34. The van der Waals surface area contributed by atoms with Gasteiger partial charge >= 0.3 is 0 Å². The minimum atomic E-state index is 0.330. The van der Waals surface area contributed by atoms with E-state index in [1.165, 1.54) is 19.3 Å². The fourth-order valence-electron chi connectivity index (χ4n) is 2.16. The molecule has 0 aromatic carbocycles. The van der Waals surface area contributed by atoms with Gasteiger partial charge in [-0.1, -0.05) is 0 Å². The molecule has 1 aliphatic carbocycles. The summed E-state index contributed by atoms with van der Waals surface area (Å²) in [6.07, 6.45) is 5.67. The highest BCUT2D eigenvalue weighted by Crippen LogP contribution is 2.31. The molecule has 3 rings (SSSR count). The molecule has 0 aliphatic heterocycles. The van der Waals surface area contributed by atoms with Crippen LogP contribution < -0.4 is 10.6 Å². The summed E-state index contributed by atoms with van der Waals surface area (Å²) in [5.41, 5.74) is 6.53. The molecule has 1 fully saturated rings. The predicted octanol–water partition coefficient (Wildman–Crippen LogP) is 1.53. The van der Waals surface area contributed by atoms with E-state index in [9.17, 15) is 0 Å². The highest BCUT2D eigenvalue weighted by Gasteiger charge is 2.24. The van der Waals surface area contributed by atoms with Crippen molar-refractivity contribution in [3.8, 4) is 0 Å². The van der Waals surface area contributed by atoms with Crippen LogP contribution in [-0.2, 0) is 0 Å². The van der Waals surface area contributed by atoms with E-state index in [2.05, 4.69) is 26.9 Å². The highest BCUT2D eigenvalue weighted by atomic mass is 15.2. The third-order valence-electron chi connectivity index (χ3n) is 3.37. The number of rotatable bonds is 2. The lowest BCUT2D eigenvalue weighted by Crippen LogP contribution is -2.37. The Morgan fingerprint density at radius 1 is 1.44 bits per heavy atom. The summed E-state index contributed by atoms with van der Waals surface area (Å²) in [6.45, 7) is 0. The predicted molar refractivity (Wildman–Crippen MR) is 64.3 cm³/mol. The maximum Gasteiger partial charge on any atom is 0.223 e. The standard InChI is InChI=1S/C11H15N5/c1-16(7-3-2-4-7)10-8-5-6-13-9(8)14-11(12)15-10/h5-7H,2-4H2,1H3,(H3,12,13,14,15). The molecule has 5 nitrogen and oxygen atoms in total. The van der Waals surface area contributed by atoms with Crippen LogP contribution in [0.2, 0.25) is 0 Å². The van der Waals surface area contributed by atoms with E-state index in [-0.39, 0.29) is 0 Å². The van der Waals surface area contributed by atoms with Gasteiger partial charge in [0.15, 0.2) is 0 Å². The van der Waals surface area contributed by atoms with Crippen molar-refractivity contribution in [2.75, 3.05) is 17.7 Å². The minimum absolute atomic E-state index is 0.330. The number of nitrogens with one attached hydrogen (secondary N) is 1. The van der Waals surface area contributed by atoms with Crippen LogP contribution in [-0.4, -0.2) is 28.0 Å². The average molecular weight is 217 g/mol. The molecule has 16 heavy (non-hydrogen) atoms. The summed E-state index contributed by atoms with van der Waals surface area (Å²) in [7, 11) is 2.08. The van der Waals surface area contributed by atoms with Crippen LogP contribution in [0.5, 0.6) is 0 Å². The van der Waals surface area contributed by atoms with Gasteiger partial charge in [-0.25, -0.2) is 0 Å². The van der Waals surface area contributed by atoms with Crippen molar-refractivity contribution in [3.63, 3.8) is 0 Å². The zero-order valence-corrected chi connectivity index (χ0v) is 9.27. The van der Waals surface area contributed by atoms with Crippen LogP contribution in [0.25, 0.3) is 11.0 Å². The summed E-state index contributed by atoms with van der Waals surface area (Å²) in [5.74, 6) is 1.27. The first-order valence-electron chi connectivity index (χ1n) is 5.59. The van der Waals surface area contributed by atoms with Crippen molar-refractivity contribution in [2.45, 2.75) is 25.3 Å². The monoisotopic (exact) mass is 217 g/mol. The van der Waals surface area contributed by atoms with Crippen LogP contribution in [0.1, 0.15) is 19.3 Å². The van der Waals surface area contributed by atoms with E-state index in [0.717, 1.165) is 16.9 Å². The van der Waals surface area contributed by atoms with Gasteiger partial charge in [0, 0.05) is 19.3 Å². The number of H-pyrrole nitrogens is 1. The van der Waals surface area contributed by atoms with Gasteiger partial charge in [-0.05, 0) is 25.3 Å². The molecule has 0 bridgehead atoms. The molecule has 0 saturated heterocycles. The SMILES string of the molecule is CN(c1nc(N)nc2[nH]ccc12)C1CCC1. The summed E-state index contributed by atoms with van der Waals surface area (Å²) in [6, 6.07) is 2.60. The number of aromatic amines is 1. The maximum absolute atomic E-state index is 5.71. The van der Waals surface area contributed by atoms with Gasteiger partial charge < -0.3 is 15.6 Å². The molecule has 1 saturated carbocycles. The quantitative estimate of drug-likeness (QED) is 0.800. The summed E-state index contributed by atoms with van der Waals surface area (Å²) in [4.78, 5) is 13.8. The van der Waals surface area contributed by atoms with Crippen molar-refractivity contribution >= 4 is 22.8 Å². The zero-order valence-electron chi connectivity index (χ0n) is 9.27. The second-order valence-electron chi connectivity index (χ2n) is 4.34. The number of anilines is 2. The first kappa shape index (κ1) is 9.45. The molecule has 5 heteroatoms. The topological polar surface area (TPSA) is 70.8 Å². The Morgan fingerprint density at radius 2 is 2.25 bits per heavy atom. The minimum Gasteiger partial charge on any atom is -0.368 e.